The van der Waals surface area contributed by atoms with Crippen LogP contribution in [0.2, 0.25) is 5.02 Å². The molecule has 2 aromatic carbocycles. The standard InChI is InChI=1S/C16H17ClN2O2S/c17-14-5-7-15(8-6-14)22(20,21)18-10-12-19-11-9-13-3-1-2-4-16(13)19/h1-8,18H,9-12H2. The summed E-state index contributed by atoms with van der Waals surface area (Å²) >= 11 is 5.78. The molecule has 1 N–H and O–H groups in total. The van der Waals surface area contributed by atoms with Crippen LogP contribution in [0, 0.1) is 0 Å². The second-order valence-electron chi connectivity index (χ2n) is 5.22. The van der Waals surface area contributed by atoms with Crippen LogP contribution < -0.4 is 9.62 Å². The van der Waals surface area contributed by atoms with Crippen LogP contribution in [0.3, 0.4) is 0 Å². The number of para-hydroxylation sites is 1. The van der Waals surface area contributed by atoms with Gasteiger partial charge in [0.1, 0.15) is 0 Å². The zero-order valence-electron chi connectivity index (χ0n) is 12.0. The maximum Gasteiger partial charge on any atom is 0.240 e. The predicted molar refractivity (Wildman–Crippen MR) is 89.0 cm³/mol. The van der Waals surface area contributed by atoms with Crippen molar-refractivity contribution in [1.29, 1.82) is 0 Å². The van der Waals surface area contributed by atoms with Gasteiger partial charge < -0.3 is 4.90 Å². The van der Waals surface area contributed by atoms with E-state index in [0.29, 0.717) is 18.1 Å². The minimum Gasteiger partial charge on any atom is -0.370 e. The van der Waals surface area contributed by atoms with Crippen LogP contribution in [0.1, 0.15) is 5.56 Å². The van der Waals surface area contributed by atoms with Gasteiger partial charge in [-0.15, -0.1) is 0 Å². The molecule has 4 nitrogen and oxygen atoms in total. The molecule has 0 saturated heterocycles. The van der Waals surface area contributed by atoms with E-state index in [-0.39, 0.29) is 4.90 Å². The van der Waals surface area contributed by atoms with Gasteiger partial charge >= 0.3 is 0 Å². The summed E-state index contributed by atoms with van der Waals surface area (Å²) in [6.07, 6.45) is 1.01. The Morgan fingerprint density at radius 3 is 2.59 bits per heavy atom. The maximum atomic E-state index is 12.2. The van der Waals surface area contributed by atoms with Gasteiger partial charge in [-0.25, -0.2) is 13.1 Å². The number of rotatable bonds is 5. The van der Waals surface area contributed by atoms with Crippen LogP contribution in [-0.2, 0) is 16.4 Å². The van der Waals surface area contributed by atoms with E-state index in [2.05, 4.69) is 21.8 Å². The van der Waals surface area contributed by atoms with Crippen molar-refractivity contribution in [3.05, 3.63) is 59.1 Å². The first kappa shape index (κ1) is 15.3. The number of benzene rings is 2. The van der Waals surface area contributed by atoms with E-state index in [9.17, 15) is 8.42 Å². The lowest BCUT2D eigenvalue weighted by atomic mass is 10.2. The maximum absolute atomic E-state index is 12.2. The van der Waals surface area contributed by atoms with Crippen molar-refractivity contribution in [1.82, 2.24) is 4.72 Å². The molecule has 1 aliphatic heterocycles. The Morgan fingerprint density at radius 2 is 1.82 bits per heavy atom. The molecular weight excluding hydrogens is 320 g/mol. The summed E-state index contributed by atoms with van der Waals surface area (Å²) in [7, 11) is -3.48. The average Bonchev–Trinajstić information content (AvgIpc) is 2.91. The molecular formula is C16H17ClN2O2S. The molecule has 0 fully saturated rings. The third kappa shape index (κ3) is 3.27. The molecule has 0 aliphatic carbocycles. The molecule has 3 rings (SSSR count). The van der Waals surface area contributed by atoms with Crippen molar-refractivity contribution >= 4 is 27.3 Å². The quantitative estimate of drug-likeness (QED) is 0.913. The summed E-state index contributed by atoms with van der Waals surface area (Å²) in [4.78, 5) is 2.44. The highest BCUT2D eigenvalue weighted by atomic mass is 35.5. The normalized spacial score (nSPS) is 14.1. The summed E-state index contributed by atoms with van der Waals surface area (Å²) < 4.78 is 27.0. The molecule has 0 amide bonds. The van der Waals surface area contributed by atoms with E-state index in [1.807, 2.05) is 12.1 Å². The second kappa shape index (κ2) is 6.28. The summed E-state index contributed by atoms with van der Waals surface area (Å²) in [5, 5.41) is 0.521. The van der Waals surface area contributed by atoms with Crippen LogP contribution in [0.5, 0.6) is 0 Å². The first-order valence-electron chi connectivity index (χ1n) is 7.14. The molecule has 6 heteroatoms. The minimum atomic E-state index is -3.48. The van der Waals surface area contributed by atoms with E-state index >= 15 is 0 Å². The summed E-state index contributed by atoms with van der Waals surface area (Å²) in [5.74, 6) is 0. The Morgan fingerprint density at radius 1 is 1.09 bits per heavy atom. The number of sulfonamides is 1. The van der Waals surface area contributed by atoms with Gasteiger partial charge in [0.05, 0.1) is 4.90 Å². The third-order valence-electron chi connectivity index (χ3n) is 3.78. The Labute approximate surface area is 135 Å². The topological polar surface area (TPSA) is 49.4 Å². The molecule has 0 spiro atoms. The predicted octanol–water partition coefficient (Wildman–Crippen LogP) is 2.68. The molecule has 22 heavy (non-hydrogen) atoms. The molecule has 0 radical (unpaired) electrons. The lowest BCUT2D eigenvalue weighted by Gasteiger charge is -2.19. The second-order valence-corrected chi connectivity index (χ2v) is 7.42. The molecule has 1 aliphatic rings. The Hall–Kier alpha value is -1.56. The number of anilines is 1. The van der Waals surface area contributed by atoms with Gasteiger partial charge in [-0.3, -0.25) is 0 Å². The van der Waals surface area contributed by atoms with Crippen LogP contribution in [-0.4, -0.2) is 28.1 Å². The van der Waals surface area contributed by atoms with Gasteiger partial charge in [-0.05, 0) is 42.3 Å². The summed E-state index contributed by atoms with van der Waals surface area (Å²) in [5.41, 5.74) is 2.52. The fourth-order valence-electron chi connectivity index (χ4n) is 2.65. The number of hydrogen-bond acceptors (Lipinski definition) is 3. The van der Waals surface area contributed by atoms with Gasteiger partial charge in [0.25, 0.3) is 0 Å². The number of fused-ring (bicyclic) bond motifs is 1. The van der Waals surface area contributed by atoms with Gasteiger partial charge in [-0.2, -0.15) is 0 Å². The number of hydrogen-bond donors (Lipinski definition) is 1. The van der Waals surface area contributed by atoms with Crippen molar-refractivity contribution in [2.75, 3.05) is 24.5 Å². The molecule has 0 unspecified atom stereocenters. The Kier molecular flexibility index (Phi) is 4.38. The molecule has 0 bridgehead atoms. The van der Waals surface area contributed by atoms with Gasteiger partial charge in [0.15, 0.2) is 0 Å². The first-order chi connectivity index (χ1) is 10.6. The SMILES string of the molecule is O=S(=O)(NCCN1CCc2ccccc21)c1ccc(Cl)cc1. The lowest BCUT2D eigenvalue weighted by molar-refractivity contribution is 0.581. The molecule has 0 saturated carbocycles. The lowest BCUT2D eigenvalue weighted by Crippen LogP contribution is -2.34. The van der Waals surface area contributed by atoms with Gasteiger partial charge in [0, 0.05) is 30.3 Å². The highest BCUT2D eigenvalue weighted by Gasteiger charge is 2.19. The smallest absolute Gasteiger partial charge is 0.240 e. The number of nitrogens with zero attached hydrogens (tertiary/aromatic N) is 1. The highest BCUT2D eigenvalue weighted by molar-refractivity contribution is 7.89. The number of halogens is 1. The van der Waals surface area contributed by atoms with Crippen LogP contribution >= 0.6 is 11.6 Å². The van der Waals surface area contributed by atoms with E-state index < -0.39 is 10.0 Å². The van der Waals surface area contributed by atoms with Gasteiger partial charge in [-0.1, -0.05) is 29.8 Å². The van der Waals surface area contributed by atoms with E-state index in [4.69, 9.17) is 11.6 Å². The fourth-order valence-corrected chi connectivity index (χ4v) is 3.80. The van der Waals surface area contributed by atoms with E-state index in [1.54, 1.807) is 12.1 Å². The number of nitrogens with one attached hydrogen (secondary N) is 1. The summed E-state index contributed by atoms with van der Waals surface area (Å²) in [6, 6.07) is 14.4. The molecule has 0 atom stereocenters. The van der Waals surface area contributed by atoms with E-state index in [1.165, 1.54) is 23.4 Å². The Balaban J connectivity index is 1.60. The largest absolute Gasteiger partial charge is 0.370 e. The van der Waals surface area contributed by atoms with Crippen molar-refractivity contribution in [2.45, 2.75) is 11.3 Å². The van der Waals surface area contributed by atoms with Crippen molar-refractivity contribution in [3.63, 3.8) is 0 Å². The highest BCUT2D eigenvalue weighted by Crippen LogP contribution is 2.26. The van der Waals surface area contributed by atoms with Crippen molar-refractivity contribution < 1.29 is 8.42 Å². The minimum absolute atomic E-state index is 0.235. The molecule has 1 heterocycles. The average molecular weight is 337 g/mol. The monoisotopic (exact) mass is 336 g/mol. The van der Waals surface area contributed by atoms with Crippen LogP contribution in [0.25, 0.3) is 0 Å². The first-order valence-corrected chi connectivity index (χ1v) is 9.00. The third-order valence-corrected chi connectivity index (χ3v) is 5.51. The van der Waals surface area contributed by atoms with Crippen LogP contribution in [0.4, 0.5) is 5.69 Å². The fraction of sp³-hybridized carbons (Fsp3) is 0.250. The van der Waals surface area contributed by atoms with E-state index in [0.717, 1.165) is 13.0 Å². The molecule has 0 aromatic heterocycles. The van der Waals surface area contributed by atoms with Crippen LogP contribution in [0.15, 0.2) is 53.4 Å². The van der Waals surface area contributed by atoms with Crippen molar-refractivity contribution in [2.24, 2.45) is 0 Å². The van der Waals surface area contributed by atoms with Crippen molar-refractivity contribution in [3.8, 4) is 0 Å². The zero-order valence-corrected chi connectivity index (χ0v) is 13.6. The molecule has 116 valence electrons. The summed E-state index contributed by atoms with van der Waals surface area (Å²) in [6.45, 7) is 1.96. The zero-order chi connectivity index (χ0) is 15.6. The van der Waals surface area contributed by atoms with Gasteiger partial charge in [0.2, 0.25) is 10.0 Å². The Bertz CT molecular complexity index is 760. The molecule has 2 aromatic rings.